The Bertz CT molecular complexity index is 603. The lowest BCUT2D eigenvalue weighted by molar-refractivity contribution is 0.247. The molecule has 0 saturated carbocycles. The van der Waals surface area contributed by atoms with Crippen molar-refractivity contribution in [1.82, 2.24) is 5.32 Å². The number of rotatable bonds is 5. The van der Waals surface area contributed by atoms with Crippen molar-refractivity contribution < 1.29 is 9.53 Å². The van der Waals surface area contributed by atoms with Crippen LogP contribution in [0.25, 0.3) is 0 Å². The van der Waals surface area contributed by atoms with Crippen molar-refractivity contribution in [1.29, 1.82) is 0 Å². The molecule has 110 valence electrons. The molecule has 0 unspecified atom stereocenters. The number of urea groups is 1. The smallest absolute Gasteiger partial charge is 0.319 e. The van der Waals surface area contributed by atoms with Crippen molar-refractivity contribution in [2.45, 2.75) is 0 Å². The van der Waals surface area contributed by atoms with Crippen molar-refractivity contribution in [3.05, 3.63) is 58.6 Å². The number of anilines is 1. The molecule has 21 heavy (non-hydrogen) atoms. The Balaban J connectivity index is 1.68. The number of ether oxygens (including phenoxy) is 1. The topological polar surface area (TPSA) is 50.4 Å². The Labute approximate surface area is 133 Å². The minimum absolute atomic E-state index is 0.299. The Kier molecular flexibility index (Phi) is 5.72. The molecule has 4 nitrogen and oxygen atoms in total. The van der Waals surface area contributed by atoms with Crippen molar-refractivity contribution in [3.63, 3.8) is 0 Å². The first-order valence-electron chi connectivity index (χ1n) is 6.32. The lowest BCUT2D eigenvalue weighted by Crippen LogP contribution is -2.32. The van der Waals surface area contributed by atoms with Gasteiger partial charge in [0.25, 0.3) is 0 Å². The fourth-order valence-corrected chi connectivity index (χ4v) is 1.91. The Hall–Kier alpha value is -1.91. The number of halogens is 2. The highest BCUT2D eigenvalue weighted by Gasteiger charge is 2.01. The van der Waals surface area contributed by atoms with Crippen LogP contribution in [0.15, 0.2) is 48.5 Å². The van der Waals surface area contributed by atoms with Gasteiger partial charge in [-0.1, -0.05) is 29.3 Å². The van der Waals surface area contributed by atoms with Gasteiger partial charge in [0, 0.05) is 15.7 Å². The molecule has 0 fully saturated rings. The minimum Gasteiger partial charge on any atom is -0.492 e. The van der Waals surface area contributed by atoms with E-state index in [1.165, 1.54) is 0 Å². The van der Waals surface area contributed by atoms with Gasteiger partial charge in [0.2, 0.25) is 0 Å². The molecule has 0 spiro atoms. The minimum atomic E-state index is -0.299. The molecule has 2 rings (SSSR count). The van der Waals surface area contributed by atoms with Gasteiger partial charge in [-0.15, -0.1) is 0 Å². The Morgan fingerprint density at radius 2 is 1.81 bits per heavy atom. The van der Waals surface area contributed by atoms with E-state index in [9.17, 15) is 4.79 Å². The van der Waals surface area contributed by atoms with Gasteiger partial charge in [0.05, 0.1) is 6.54 Å². The summed E-state index contributed by atoms with van der Waals surface area (Å²) in [5, 5.41) is 6.61. The maximum absolute atomic E-state index is 11.6. The molecular formula is C15H14Cl2N2O2. The molecule has 0 bridgehead atoms. The lowest BCUT2D eigenvalue weighted by Gasteiger charge is -2.09. The van der Waals surface area contributed by atoms with E-state index in [2.05, 4.69) is 10.6 Å². The average Bonchev–Trinajstić information content (AvgIpc) is 2.46. The third kappa shape index (κ3) is 5.53. The molecule has 2 aromatic carbocycles. The van der Waals surface area contributed by atoms with Crippen LogP contribution >= 0.6 is 23.2 Å². The van der Waals surface area contributed by atoms with Crippen LogP contribution in [-0.2, 0) is 0 Å². The van der Waals surface area contributed by atoms with Crippen molar-refractivity contribution in [3.8, 4) is 5.75 Å². The van der Waals surface area contributed by atoms with Crippen LogP contribution in [0.2, 0.25) is 10.0 Å². The molecule has 0 saturated heterocycles. The van der Waals surface area contributed by atoms with E-state index in [0.29, 0.717) is 34.6 Å². The SMILES string of the molecule is O=C(NCCOc1cccc(Cl)c1)Nc1ccc(Cl)cc1. The molecule has 2 amide bonds. The molecule has 6 heteroatoms. The quantitative estimate of drug-likeness (QED) is 0.810. The number of hydrogen-bond acceptors (Lipinski definition) is 2. The summed E-state index contributed by atoms with van der Waals surface area (Å²) in [6, 6.07) is 13.7. The second kappa shape index (κ2) is 7.76. The first-order valence-corrected chi connectivity index (χ1v) is 7.08. The number of hydrogen-bond donors (Lipinski definition) is 2. The van der Waals surface area contributed by atoms with E-state index in [4.69, 9.17) is 27.9 Å². The van der Waals surface area contributed by atoms with Gasteiger partial charge < -0.3 is 15.4 Å². The van der Waals surface area contributed by atoms with Crippen LogP contribution in [0.4, 0.5) is 10.5 Å². The molecular weight excluding hydrogens is 311 g/mol. The monoisotopic (exact) mass is 324 g/mol. The van der Waals surface area contributed by atoms with Crippen LogP contribution in [0.5, 0.6) is 5.75 Å². The van der Waals surface area contributed by atoms with Gasteiger partial charge in [-0.2, -0.15) is 0 Å². The Morgan fingerprint density at radius 1 is 1.05 bits per heavy atom. The third-order valence-corrected chi connectivity index (χ3v) is 3.04. The number of carbonyl (C=O) groups excluding carboxylic acids is 1. The molecule has 0 atom stereocenters. The fraction of sp³-hybridized carbons (Fsp3) is 0.133. The summed E-state index contributed by atoms with van der Waals surface area (Å²) in [5.41, 5.74) is 0.674. The van der Waals surface area contributed by atoms with Gasteiger partial charge in [-0.3, -0.25) is 0 Å². The van der Waals surface area contributed by atoms with Gasteiger partial charge in [-0.25, -0.2) is 4.79 Å². The van der Waals surface area contributed by atoms with Gasteiger partial charge >= 0.3 is 6.03 Å². The largest absolute Gasteiger partial charge is 0.492 e. The van der Waals surface area contributed by atoms with E-state index in [0.717, 1.165) is 0 Å². The molecule has 0 radical (unpaired) electrons. The second-order valence-electron chi connectivity index (χ2n) is 4.19. The summed E-state index contributed by atoms with van der Waals surface area (Å²) in [5.74, 6) is 0.669. The van der Waals surface area contributed by atoms with Crippen LogP contribution < -0.4 is 15.4 Å². The normalized spacial score (nSPS) is 10.0. The fourth-order valence-electron chi connectivity index (χ4n) is 1.60. The first-order chi connectivity index (χ1) is 10.1. The first kappa shape index (κ1) is 15.5. The van der Waals surface area contributed by atoms with Crippen molar-refractivity contribution >= 4 is 34.9 Å². The number of benzene rings is 2. The molecule has 0 aromatic heterocycles. The summed E-state index contributed by atoms with van der Waals surface area (Å²) in [7, 11) is 0. The maximum Gasteiger partial charge on any atom is 0.319 e. The predicted octanol–water partition coefficient (Wildman–Crippen LogP) is 4.19. The van der Waals surface area contributed by atoms with E-state index in [1.807, 2.05) is 0 Å². The van der Waals surface area contributed by atoms with Gasteiger partial charge in [0.15, 0.2) is 0 Å². The van der Waals surface area contributed by atoms with Crippen LogP contribution in [0, 0.1) is 0 Å². The van der Waals surface area contributed by atoms with Crippen LogP contribution in [0.1, 0.15) is 0 Å². The summed E-state index contributed by atoms with van der Waals surface area (Å²) in [4.78, 5) is 11.6. The highest BCUT2D eigenvalue weighted by atomic mass is 35.5. The van der Waals surface area contributed by atoms with E-state index in [1.54, 1.807) is 48.5 Å². The summed E-state index contributed by atoms with van der Waals surface area (Å²) < 4.78 is 5.46. The van der Waals surface area contributed by atoms with Crippen LogP contribution in [-0.4, -0.2) is 19.2 Å². The summed E-state index contributed by atoms with van der Waals surface area (Å²) in [6.45, 7) is 0.736. The number of carbonyl (C=O) groups is 1. The van der Waals surface area contributed by atoms with Gasteiger partial charge in [-0.05, 0) is 42.5 Å². The maximum atomic E-state index is 11.6. The zero-order chi connectivity index (χ0) is 15.1. The highest BCUT2D eigenvalue weighted by molar-refractivity contribution is 6.31. The molecule has 0 heterocycles. The molecule has 0 aliphatic heterocycles. The standard InChI is InChI=1S/C15H14Cl2N2O2/c16-11-4-6-13(7-5-11)19-15(20)18-8-9-21-14-3-1-2-12(17)10-14/h1-7,10H,8-9H2,(H2,18,19,20). The molecule has 0 aliphatic rings. The third-order valence-electron chi connectivity index (χ3n) is 2.55. The lowest BCUT2D eigenvalue weighted by atomic mass is 10.3. The average molecular weight is 325 g/mol. The predicted molar refractivity (Wildman–Crippen MR) is 85.4 cm³/mol. The van der Waals surface area contributed by atoms with E-state index < -0.39 is 0 Å². The summed E-state index contributed by atoms with van der Waals surface area (Å²) in [6.07, 6.45) is 0. The second-order valence-corrected chi connectivity index (χ2v) is 5.07. The molecule has 2 aromatic rings. The Morgan fingerprint density at radius 3 is 2.52 bits per heavy atom. The zero-order valence-electron chi connectivity index (χ0n) is 11.1. The molecule has 2 N–H and O–H groups in total. The van der Waals surface area contributed by atoms with Crippen molar-refractivity contribution in [2.75, 3.05) is 18.5 Å². The van der Waals surface area contributed by atoms with Gasteiger partial charge in [0.1, 0.15) is 12.4 Å². The van der Waals surface area contributed by atoms with E-state index >= 15 is 0 Å². The van der Waals surface area contributed by atoms with Crippen LogP contribution in [0.3, 0.4) is 0 Å². The van der Waals surface area contributed by atoms with E-state index in [-0.39, 0.29) is 6.03 Å². The summed E-state index contributed by atoms with van der Waals surface area (Å²) >= 11 is 11.6. The number of nitrogens with one attached hydrogen (secondary N) is 2. The van der Waals surface area contributed by atoms with Crippen molar-refractivity contribution in [2.24, 2.45) is 0 Å². The zero-order valence-corrected chi connectivity index (χ0v) is 12.6. The number of amides is 2. The molecule has 0 aliphatic carbocycles. The highest BCUT2D eigenvalue weighted by Crippen LogP contribution is 2.16.